The highest BCUT2D eigenvalue weighted by molar-refractivity contribution is 5.95. The van der Waals surface area contributed by atoms with Crippen LogP contribution in [-0.2, 0) is 19.1 Å². The van der Waals surface area contributed by atoms with E-state index in [9.17, 15) is 14.4 Å². The molecule has 0 aromatic rings. The lowest BCUT2D eigenvalue weighted by Crippen LogP contribution is -2.47. The van der Waals surface area contributed by atoms with E-state index >= 15 is 0 Å². The van der Waals surface area contributed by atoms with Gasteiger partial charge in [0.1, 0.15) is 12.7 Å². The maximum atomic E-state index is 12.8. The van der Waals surface area contributed by atoms with Crippen molar-refractivity contribution in [2.24, 2.45) is 11.8 Å². The second-order valence-corrected chi connectivity index (χ2v) is 6.27. The Morgan fingerprint density at radius 1 is 1.35 bits per heavy atom. The van der Waals surface area contributed by atoms with Gasteiger partial charge in [-0.3, -0.25) is 9.59 Å². The van der Waals surface area contributed by atoms with Crippen LogP contribution in [0.2, 0.25) is 0 Å². The molecule has 130 valence electrons. The summed E-state index contributed by atoms with van der Waals surface area (Å²) in [6.07, 6.45) is 1.38. The smallest absolute Gasteiger partial charge is 0.416 e. The largest absolute Gasteiger partial charge is 0.457 e. The third kappa shape index (κ3) is 4.56. The lowest BCUT2D eigenvalue weighted by molar-refractivity contribution is -0.150. The standard InChI is InChI=1S/C17H27NO5/c1-7-8-11(4)15(23-13(6)19)12(5)16(20)18-14(10(2)3)9-22-17(18)21/h8,10,12,14-15H,7,9H2,1-6H3/b11-8+/t12-,14-,15-/m1/s1. The predicted octanol–water partition coefficient (Wildman–Crippen LogP) is 2.91. The molecule has 0 aliphatic carbocycles. The zero-order chi connectivity index (χ0) is 17.7. The van der Waals surface area contributed by atoms with Crippen molar-refractivity contribution in [2.45, 2.75) is 60.1 Å². The number of cyclic esters (lactones) is 1. The molecule has 1 rings (SSSR count). The van der Waals surface area contributed by atoms with Crippen LogP contribution in [0.1, 0.15) is 48.0 Å². The summed E-state index contributed by atoms with van der Waals surface area (Å²) in [6, 6.07) is -0.286. The molecule has 0 N–H and O–H groups in total. The summed E-state index contributed by atoms with van der Waals surface area (Å²) in [5, 5.41) is 0. The number of carbonyl (C=O) groups is 3. The Labute approximate surface area is 137 Å². The Kier molecular flexibility index (Phi) is 6.79. The highest BCUT2D eigenvalue weighted by Crippen LogP contribution is 2.26. The Morgan fingerprint density at radius 3 is 2.43 bits per heavy atom. The van der Waals surface area contributed by atoms with Crippen LogP contribution in [0.5, 0.6) is 0 Å². The zero-order valence-electron chi connectivity index (χ0n) is 14.8. The van der Waals surface area contributed by atoms with Gasteiger partial charge in [-0.2, -0.15) is 0 Å². The molecule has 1 saturated heterocycles. The first kappa shape index (κ1) is 19.2. The molecular formula is C17H27NO5. The van der Waals surface area contributed by atoms with E-state index in [2.05, 4.69) is 0 Å². The molecule has 6 nitrogen and oxygen atoms in total. The summed E-state index contributed by atoms with van der Waals surface area (Å²) < 4.78 is 10.4. The predicted molar refractivity (Wildman–Crippen MR) is 85.6 cm³/mol. The Balaban J connectivity index is 3.04. The summed E-state index contributed by atoms with van der Waals surface area (Å²) >= 11 is 0. The van der Waals surface area contributed by atoms with Gasteiger partial charge in [0.05, 0.1) is 12.0 Å². The molecule has 0 radical (unpaired) electrons. The number of ether oxygens (including phenoxy) is 2. The van der Waals surface area contributed by atoms with E-state index in [1.807, 2.05) is 33.8 Å². The second kappa shape index (κ2) is 8.13. The Bertz CT molecular complexity index is 497. The molecule has 2 amide bonds. The third-order valence-electron chi connectivity index (χ3n) is 4.02. The number of allylic oxidation sites excluding steroid dienone is 1. The van der Waals surface area contributed by atoms with Crippen molar-refractivity contribution in [1.82, 2.24) is 4.90 Å². The van der Waals surface area contributed by atoms with Crippen molar-refractivity contribution in [2.75, 3.05) is 6.61 Å². The van der Waals surface area contributed by atoms with Gasteiger partial charge in [-0.1, -0.05) is 26.8 Å². The first-order valence-electron chi connectivity index (χ1n) is 8.04. The monoisotopic (exact) mass is 325 g/mol. The Morgan fingerprint density at radius 2 is 1.96 bits per heavy atom. The number of esters is 1. The number of hydrogen-bond acceptors (Lipinski definition) is 5. The van der Waals surface area contributed by atoms with Gasteiger partial charge in [0, 0.05) is 6.92 Å². The van der Waals surface area contributed by atoms with Crippen molar-refractivity contribution < 1.29 is 23.9 Å². The quantitative estimate of drug-likeness (QED) is 0.554. The number of amides is 2. The minimum atomic E-state index is -0.679. The van der Waals surface area contributed by atoms with E-state index in [1.165, 1.54) is 11.8 Å². The van der Waals surface area contributed by atoms with Crippen LogP contribution in [0.4, 0.5) is 4.79 Å². The number of hydrogen-bond donors (Lipinski definition) is 0. The normalized spacial score (nSPS) is 21.2. The third-order valence-corrected chi connectivity index (χ3v) is 4.02. The fraction of sp³-hybridized carbons (Fsp3) is 0.706. The second-order valence-electron chi connectivity index (χ2n) is 6.27. The molecule has 0 aromatic carbocycles. The summed E-state index contributed by atoms with van der Waals surface area (Å²) in [5.41, 5.74) is 0.803. The van der Waals surface area contributed by atoms with Gasteiger partial charge in [-0.05, 0) is 31.8 Å². The lowest BCUT2D eigenvalue weighted by Gasteiger charge is -2.29. The van der Waals surface area contributed by atoms with Crippen molar-refractivity contribution in [3.05, 3.63) is 11.6 Å². The van der Waals surface area contributed by atoms with Crippen LogP contribution < -0.4 is 0 Å². The highest BCUT2D eigenvalue weighted by atomic mass is 16.6. The molecule has 1 fully saturated rings. The number of carbonyl (C=O) groups excluding carboxylic acids is 3. The van der Waals surface area contributed by atoms with E-state index in [0.29, 0.717) is 0 Å². The topological polar surface area (TPSA) is 72.9 Å². The average molecular weight is 325 g/mol. The van der Waals surface area contributed by atoms with Gasteiger partial charge >= 0.3 is 12.1 Å². The van der Waals surface area contributed by atoms with E-state index < -0.39 is 24.1 Å². The summed E-state index contributed by atoms with van der Waals surface area (Å²) in [6.45, 7) is 10.8. The van der Waals surface area contributed by atoms with E-state index in [0.717, 1.165) is 12.0 Å². The zero-order valence-corrected chi connectivity index (χ0v) is 14.8. The van der Waals surface area contributed by atoms with Crippen molar-refractivity contribution in [3.63, 3.8) is 0 Å². The number of rotatable bonds is 6. The van der Waals surface area contributed by atoms with Crippen molar-refractivity contribution in [1.29, 1.82) is 0 Å². The highest BCUT2D eigenvalue weighted by Gasteiger charge is 2.43. The van der Waals surface area contributed by atoms with Crippen LogP contribution in [0.3, 0.4) is 0 Å². The Hall–Kier alpha value is -1.85. The maximum absolute atomic E-state index is 12.8. The van der Waals surface area contributed by atoms with Gasteiger partial charge in [0.15, 0.2) is 0 Å². The molecule has 3 atom stereocenters. The van der Waals surface area contributed by atoms with Crippen LogP contribution in [-0.4, -0.2) is 41.6 Å². The molecule has 0 unspecified atom stereocenters. The summed E-state index contributed by atoms with van der Waals surface area (Å²) in [7, 11) is 0. The minimum absolute atomic E-state index is 0.0945. The van der Waals surface area contributed by atoms with Gasteiger partial charge < -0.3 is 9.47 Å². The van der Waals surface area contributed by atoms with Crippen LogP contribution in [0.25, 0.3) is 0 Å². The molecule has 1 heterocycles. The molecule has 0 spiro atoms. The van der Waals surface area contributed by atoms with E-state index in [4.69, 9.17) is 9.47 Å². The molecule has 1 aliphatic heterocycles. The molecule has 23 heavy (non-hydrogen) atoms. The first-order chi connectivity index (χ1) is 10.7. The first-order valence-corrected chi connectivity index (χ1v) is 8.04. The molecule has 6 heteroatoms. The molecule has 1 aliphatic rings. The number of imide groups is 1. The molecular weight excluding hydrogens is 298 g/mol. The minimum Gasteiger partial charge on any atom is -0.457 e. The van der Waals surface area contributed by atoms with Gasteiger partial charge in [0.25, 0.3) is 0 Å². The number of nitrogens with zero attached hydrogens (tertiary/aromatic N) is 1. The van der Waals surface area contributed by atoms with Gasteiger partial charge in [-0.25, -0.2) is 9.69 Å². The van der Waals surface area contributed by atoms with Crippen LogP contribution in [0.15, 0.2) is 11.6 Å². The van der Waals surface area contributed by atoms with E-state index in [-0.39, 0.29) is 24.5 Å². The molecule has 0 aromatic heterocycles. The van der Waals surface area contributed by atoms with Crippen molar-refractivity contribution in [3.8, 4) is 0 Å². The van der Waals surface area contributed by atoms with Gasteiger partial charge in [-0.15, -0.1) is 0 Å². The SMILES string of the molecule is CC/C=C(\C)[C@@H](OC(C)=O)[C@@H](C)C(=O)N1C(=O)OC[C@@H]1C(C)C. The van der Waals surface area contributed by atoms with E-state index in [1.54, 1.807) is 6.92 Å². The fourth-order valence-electron chi connectivity index (χ4n) is 2.74. The van der Waals surface area contributed by atoms with Crippen molar-refractivity contribution >= 4 is 18.0 Å². The fourth-order valence-corrected chi connectivity index (χ4v) is 2.74. The van der Waals surface area contributed by atoms with Gasteiger partial charge in [0.2, 0.25) is 5.91 Å². The van der Waals surface area contributed by atoms with Crippen LogP contribution in [0, 0.1) is 11.8 Å². The molecule has 0 bridgehead atoms. The summed E-state index contributed by atoms with van der Waals surface area (Å²) in [4.78, 5) is 37.3. The molecule has 0 saturated carbocycles. The maximum Gasteiger partial charge on any atom is 0.416 e. The summed E-state index contributed by atoms with van der Waals surface area (Å²) in [5.74, 6) is -1.39. The average Bonchev–Trinajstić information content (AvgIpc) is 2.85. The van der Waals surface area contributed by atoms with Crippen LogP contribution >= 0.6 is 0 Å². The lowest BCUT2D eigenvalue weighted by atomic mass is 9.94.